The van der Waals surface area contributed by atoms with Crippen LogP contribution in [0.1, 0.15) is 66.2 Å². The molecule has 6 aliphatic carbocycles. The van der Waals surface area contributed by atoms with Crippen molar-refractivity contribution in [2.45, 2.75) is 77.9 Å². The fourth-order valence-electron chi connectivity index (χ4n) is 8.10. The molecule has 0 amide bonds. The third-order valence-corrected chi connectivity index (χ3v) is 11.1. The van der Waals surface area contributed by atoms with Crippen LogP contribution >= 0.6 is 34.7 Å². The normalized spacial score (nSPS) is 47.7. The van der Waals surface area contributed by atoms with Crippen molar-refractivity contribution in [3.8, 4) is 0 Å². The van der Waals surface area contributed by atoms with Crippen LogP contribution in [-0.2, 0) is 0 Å². The molecular weight excluding hydrogens is 381 g/mol. The van der Waals surface area contributed by atoms with E-state index in [1.165, 1.54) is 25.7 Å². The van der Waals surface area contributed by atoms with E-state index in [-0.39, 0.29) is 0 Å². The van der Waals surface area contributed by atoms with Crippen LogP contribution in [0.25, 0.3) is 0 Å². The second-order valence-corrected chi connectivity index (χ2v) is 12.5. The molecule has 0 saturated heterocycles. The second-order valence-electron chi connectivity index (χ2n) is 11.2. The molecular formula is C22H36BCl3. The maximum atomic E-state index is 7.37. The van der Waals surface area contributed by atoms with Gasteiger partial charge in [0.05, 0.1) is 0 Å². The van der Waals surface area contributed by atoms with Gasteiger partial charge < -0.3 is 0 Å². The summed E-state index contributed by atoms with van der Waals surface area (Å²) >= 11 is 19.9. The van der Waals surface area contributed by atoms with Crippen LogP contribution < -0.4 is 0 Å². The Morgan fingerprint density at radius 2 is 1.12 bits per heavy atom. The molecule has 0 aromatic carbocycles. The average molecular weight is 418 g/mol. The van der Waals surface area contributed by atoms with Gasteiger partial charge in [-0.15, -0.1) is 23.2 Å². The zero-order chi connectivity index (χ0) is 18.9. The first-order valence-electron chi connectivity index (χ1n) is 11.0. The number of rotatable bonds is 6. The fraction of sp³-hybridized carbons (Fsp3) is 1.00. The van der Waals surface area contributed by atoms with Crippen molar-refractivity contribution < 1.29 is 0 Å². The van der Waals surface area contributed by atoms with Gasteiger partial charge in [-0.3, -0.25) is 0 Å². The third-order valence-electron chi connectivity index (χ3n) is 10.0. The Labute approximate surface area is 176 Å². The van der Waals surface area contributed by atoms with Gasteiger partial charge in [-0.25, -0.2) is 0 Å². The van der Waals surface area contributed by atoms with Gasteiger partial charge >= 0.3 is 0 Å². The second kappa shape index (κ2) is 7.02. The molecule has 0 spiro atoms. The molecule has 0 aliphatic heterocycles. The highest BCUT2D eigenvalue weighted by Crippen LogP contribution is 2.70. The summed E-state index contributed by atoms with van der Waals surface area (Å²) < 4.78 is 0. The van der Waals surface area contributed by atoms with Crippen LogP contribution in [0.4, 0.5) is 0 Å². The van der Waals surface area contributed by atoms with Gasteiger partial charge in [0.25, 0.3) is 6.13 Å². The molecule has 0 N–H and O–H groups in total. The molecule has 6 rings (SSSR count). The van der Waals surface area contributed by atoms with Gasteiger partial charge in [0.15, 0.2) is 0 Å². The van der Waals surface area contributed by atoms with E-state index in [1.807, 2.05) is 0 Å². The lowest BCUT2D eigenvalue weighted by Gasteiger charge is -2.66. The molecule has 6 aliphatic rings. The zero-order valence-electron chi connectivity index (χ0n) is 17.0. The predicted octanol–water partition coefficient (Wildman–Crippen LogP) is 7.58. The Hall–Kier alpha value is 0.935. The summed E-state index contributed by atoms with van der Waals surface area (Å²) in [4.78, 5) is 0. The Morgan fingerprint density at radius 3 is 1.42 bits per heavy atom. The van der Waals surface area contributed by atoms with Crippen LogP contribution in [0, 0.1) is 46.3 Å². The monoisotopic (exact) mass is 416 g/mol. The van der Waals surface area contributed by atoms with Crippen LogP contribution in [0.15, 0.2) is 0 Å². The molecule has 0 radical (unpaired) electrons. The smallest absolute Gasteiger partial charge is 0.195 e. The fourth-order valence-corrected chi connectivity index (χ4v) is 9.18. The van der Waals surface area contributed by atoms with Crippen molar-refractivity contribution in [3.63, 3.8) is 0 Å². The molecule has 4 heteroatoms. The van der Waals surface area contributed by atoms with Gasteiger partial charge in [0.1, 0.15) is 0 Å². The van der Waals surface area contributed by atoms with Gasteiger partial charge in [0.2, 0.25) is 0 Å². The summed E-state index contributed by atoms with van der Waals surface area (Å²) in [6.45, 7) is 9.95. The molecule has 8 atom stereocenters. The number of alkyl halides is 2. The molecule has 6 saturated carbocycles. The Balaban J connectivity index is 1.54. The summed E-state index contributed by atoms with van der Waals surface area (Å²) in [6, 6.07) is 0. The lowest BCUT2D eigenvalue weighted by Crippen LogP contribution is -2.59. The lowest BCUT2D eigenvalue weighted by molar-refractivity contribution is -0.113. The summed E-state index contributed by atoms with van der Waals surface area (Å²) in [5.41, 5.74) is 1.02. The number of halogens is 3. The van der Waals surface area contributed by atoms with E-state index in [9.17, 15) is 0 Å². The Morgan fingerprint density at radius 1 is 0.731 bits per heavy atom. The van der Waals surface area contributed by atoms with Crippen molar-refractivity contribution >= 4 is 40.8 Å². The van der Waals surface area contributed by atoms with Gasteiger partial charge in [-0.2, -0.15) is 11.5 Å². The molecule has 26 heavy (non-hydrogen) atoms. The first kappa shape index (κ1) is 20.2. The molecule has 0 aromatic heterocycles. The third kappa shape index (κ3) is 2.84. The zero-order valence-corrected chi connectivity index (χ0v) is 19.3. The van der Waals surface area contributed by atoms with Crippen molar-refractivity contribution in [2.75, 3.05) is 11.8 Å². The number of fused-ring (bicyclic) bond motifs is 4. The van der Waals surface area contributed by atoms with Crippen LogP contribution in [-0.4, -0.2) is 17.9 Å². The van der Waals surface area contributed by atoms with Gasteiger partial charge in [0, 0.05) is 11.8 Å². The summed E-state index contributed by atoms with van der Waals surface area (Å²) in [5.74, 6) is 7.84. The molecule has 0 heterocycles. The van der Waals surface area contributed by atoms with Crippen LogP contribution in [0.5, 0.6) is 0 Å². The van der Waals surface area contributed by atoms with Crippen LogP contribution in [0.3, 0.4) is 0 Å². The van der Waals surface area contributed by atoms with E-state index in [0.29, 0.717) is 28.6 Å². The summed E-state index contributed by atoms with van der Waals surface area (Å²) in [5, 5.41) is 0. The standard InChI is InChI=1S/C22H36BCl3/c1-21(2)13-9-17(21)15(5-7-24)19(11-13)23(26)20-12-14-10-18(22(14,3)4)16(20)6-8-25/h13-20H,5-12H2,1-4H3/t13-,14-,15+,16+,17-,18-,19-,20-/m0/s1. The maximum absolute atomic E-state index is 7.37. The van der Waals surface area contributed by atoms with E-state index >= 15 is 0 Å². The quantitative estimate of drug-likeness (QED) is 0.308. The average Bonchev–Trinajstić information content (AvgIpc) is 2.61. The number of hydrogen-bond donors (Lipinski definition) is 0. The SMILES string of the molecule is CC1(C)[C@@H]2C[C@H](B(Cl)[C@H]3C[C@@H]4C[C@@H]([C@H]3CCCl)C4(C)C)[C@H](CCCl)[C@@H]1C2. The lowest BCUT2D eigenvalue weighted by atomic mass is 9.29. The molecule has 4 bridgehead atoms. The van der Waals surface area contributed by atoms with Crippen molar-refractivity contribution in [2.24, 2.45) is 46.3 Å². The van der Waals surface area contributed by atoms with Gasteiger partial charge in [-0.1, -0.05) is 40.5 Å². The van der Waals surface area contributed by atoms with Gasteiger partial charge in [-0.05, 0) is 83.7 Å². The predicted molar refractivity (Wildman–Crippen MR) is 117 cm³/mol. The minimum atomic E-state index is 0.333. The van der Waals surface area contributed by atoms with Crippen LogP contribution in [0.2, 0.25) is 11.6 Å². The van der Waals surface area contributed by atoms with Crippen molar-refractivity contribution in [1.29, 1.82) is 0 Å². The highest BCUT2D eigenvalue weighted by Gasteiger charge is 2.63. The summed E-state index contributed by atoms with van der Waals surface area (Å²) in [7, 11) is 0. The summed E-state index contributed by atoms with van der Waals surface area (Å²) in [6.07, 6.45) is 8.15. The Bertz CT molecular complexity index is 487. The molecule has 0 unspecified atom stereocenters. The minimum absolute atomic E-state index is 0.333. The molecule has 148 valence electrons. The van der Waals surface area contributed by atoms with Crippen molar-refractivity contribution in [3.05, 3.63) is 0 Å². The number of hydrogen-bond acceptors (Lipinski definition) is 0. The largest absolute Gasteiger partial charge is 0.257 e. The Kier molecular flexibility index (Phi) is 5.46. The van der Waals surface area contributed by atoms with Crippen molar-refractivity contribution in [1.82, 2.24) is 0 Å². The highest BCUT2D eigenvalue weighted by atomic mass is 35.5. The topological polar surface area (TPSA) is 0 Å². The van der Waals surface area contributed by atoms with E-state index in [2.05, 4.69) is 27.7 Å². The highest BCUT2D eigenvalue weighted by molar-refractivity contribution is 7.08. The van der Waals surface area contributed by atoms with E-state index < -0.39 is 0 Å². The molecule has 0 aromatic rings. The molecule has 6 fully saturated rings. The van der Waals surface area contributed by atoms with E-state index in [0.717, 1.165) is 60.1 Å². The maximum Gasteiger partial charge on any atom is 0.257 e. The van der Waals surface area contributed by atoms with E-state index in [1.54, 1.807) is 0 Å². The van der Waals surface area contributed by atoms with E-state index in [4.69, 9.17) is 34.7 Å². The first-order valence-corrected chi connectivity index (χ1v) is 12.5. The molecule has 0 nitrogen and oxygen atoms in total. The first-order chi connectivity index (χ1) is 12.2. The minimum Gasteiger partial charge on any atom is -0.195 e.